The topological polar surface area (TPSA) is 40.5 Å². The third-order valence-electron chi connectivity index (χ3n) is 5.77. The summed E-state index contributed by atoms with van der Waals surface area (Å²) in [5.74, 6) is 0.360. The Balaban J connectivity index is 1.93. The summed E-state index contributed by atoms with van der Waals surface area (Å²) in [7, 11) is 0. The van der Waals surface area contributed by atoms with Gasteiger partial charge in [0.25, 0.3) is 5.91 Å². The number of carbonyl (C=O) groups excluding carboxylic acids is 1. The van der Waals surface area contributed by atoms with E-state index < -0.39 is 5.54 Å². The average Bonchev–Trinajstić information content (AvgIpc) is 2.94. The monoisotopic (exact) mass is 393 g/mol. The zero-order chi connectivity index (χ0) is 19.7. The molecule has 1 aliphatic heterocycles. The lowest BCUT2D eigenvalue weighted by molar-refractivity contribution is -0.129. The number of amides is 1. The van der Waals surface area contributed by atoms with Gasteiger partial charge in [0, 0.05) is 23.6 Å². The summed E-state index contributed by atoms with van der Waals surface area (Å²) >= 11 is 6.17. The van der Waals surface area contributed by atoms with Gasteiger partial charge in [-0.3, -0.25) is 4.79 Å². The lowest BCUT2D eigenvalue weighted by atomic mass is 9.74. The third-order valence-corrected chi connectivity index (χ3v) is 6.02. The summed E-state index contributed by atoms with van der Waals surface area (Å²) in [6.07, 6.45) is 7.47. The van der Waals surface area contributed by atoms with Gasteiger partial charge in [-0.25, -0.2) is 0 Å². The number of aromatic hydroxyl groups is 1. The SMILES string of the molecule is CCCN1C(=O)C2=C(CCC=C2)C1(Cc1ccc(O)cc1)c1ccc(Cl)cc1. The number of hydrogen-bond acceptors (Lipinski definition) is 2. The van der Waals surface area contributed by atoms with E-state index in [4.69, 9.17) is 11.6 Å². The van der Waals surface area contributed by atoms with Crippen LogP contribution in [-0.2, 0) is 16.8 Å². The van der Waals surface area contributed by atoms with Crippen LogP contribution in [0, 0.1) is 0 Å². The zero-order valence-electron chi connectivity index (χ0n) is 16.0. The van der Waals surface area contributed by atoms with Crippen LogP contribution < -0.4 is 0 Å². The van der Waals surface area contributed by atoms with E-state index in [1.165, 1.54) is 5.57 Å². The summed E-state index contributed by atoms with van der Waals surface area (Å²) < 4.78 is 0. The highest BCUT2D eigenvalue weighted by Gasteiger charge is 2.51. The van der Waals surface area contributed by atoms with Gasteiger partial charge >= 0.3 is 0 Å². The van der Waals surface area contributed by atoms with Crippen molar-refractivity contribution in [1.29, 1.82) is 0 Å². The third kappa shape index (κ3) is 3.04. The Labute approximate surface area is 170 Å². The molecule has 0 radical (unpaired) electrons. The molecular formula is C24H24ClNO2. The maximum Gasteiger partial charge on any atom is 0.254 e. The number of halogens is 1. The van der Waals surface area contributed by atoms with Crippen molar-refractivity contribution in [3.63, 3.8) is 0 Å². The number of benzene rings is 2. The summed E-state index contributed by atoms with van der Waals surface area (Å²) in [5, 5.41) is 10.4. The van der Waals surface area contributed by atoms with Crippen molar-refractivity contribution in [1.82, 2.24) is 4.90 Å². The first-order valence-electron chi connectivity index (χ1n) is 9.82. The van der Waals surface area contributed by atoms with Crippen molar-refractivity contribution >= 4 is 17.5 Å². The number of allylic oxidation sites excluding steroid dienone is 1. The van der Waals surface area contributed by atoms with E-state index in [1.54, 1.807) is 12.1 Å². The molecule has 1 unspecified atom stereocenters. The van der Waals surface area contributed by atoms with Gasteiger partial charge in [0.05, 0.1) is 5.54 Å². The van der Waals surface area contributed by atoms with E-state index >= 15 is 0 Å². The molecule has 0 bridgehead atoms. The van der Waals surface area contributed by atoms with Crippen molar-refractivity contribution in [2.24, 2.45) is 0 Å². The Kier molecular flexibility index (Phi) is 5.03. The quantitative estimate of drug-likeness (QED) is 0.740. The van der Waals surface area contributed by atoms with Gasteiger partial charge in [0.15, 0.2) is 0 Å². The van der Waals surface area contributed by atoms with Crippen molar-refractivity contribution in [3.8, 4) is 5.75 Å². The number of phenols is 1. The molecule has 4 heteroatoms. The summed E-state index contributed by atoms with van der Waals surface area (Å²) in [6.45, 7) is 2.80. The number of hydrogen-bond donors (Lipinski definition) is 1. The summed E-state index contributed by atoms with van der Waals surface area (Å²) in [5.41, 5.74) is 3.70. The van der Waals surface area contributed by atoms with Crippen LogP contribution >= 0.6 is 11.6 Å². The maximum atomic E-state index is 13.4. The molecule has 1 amide bonds. The van der Waals surface area contributed by atoms with Crippen LogP contribution in [0.3, 0.4) is 0 Å². The first-order valence-corrected chi connectivity index (χ1v) is 10.2. The van der Waals surface area contributed by atoms with Crippen molar-refractivity contribution in [2.75, 3.05) is 6.54 Å². The standard InChI is InChI=1S/C24H24ClNO2/c1-2-15-26-23(28)21-5-3-4-6-22(21)24(26,18-9-11-19(25)12-10-18)16-17-7-13-20(27)14-8-17/h3,5,7-14,27H,2,4,6,15-16H2,1H3. The Morgan fingerprint density at radius 2 is 1.82 bits per heavy atom. The Morgan fingerprint density at radius 3 is 2.50 bits per heavy atom. The van der Waals surface area contributed by atoms with E-state index in [2.05, 4.69) is 13.0 Å². The second kappa shape index (κ2) is 7.48. The Morgan fingerprint density at radius 1 is 1.11 bits per heavy atom. The normalized spacial score (nSPS) is 21.4. The highest BCUT2D eigenvalue weighted by molar-refractivity contribution is 6.30. The van der Waals surface area contributed by atoms with E-state index in [0.29, 0.717) is 18.0 Å². The average molecular weight is 394 g/mol. The highest BCUT2D eigenvalue weighted by atomic mass is 35.5. The fourth-order valence-corrected chi connectivity index (χ4v) is 4.69. The van der Waals surface area contributed by atoms with Crippen LogP contribution in [0.25, 0.3) is 0 Å². The highest BCUT2D eigenvalue weighted by Crippen LogP contribution is 2.49. The van der Waals surface area contributed by atoms with Gasteiger partial charge in [0.1, 0.15) is 5.75 Å². The molecule has 3 nitrogen and oxygen atoms in total. The molecule has 2 aliphatic rings. The largest absolute Gasteiger partial charge is 0.508 e. The molecule has 0 fully saturated rings. The van der Waals surface area contributed by atoms with Gasteiger partial charge in [-0.2, -0.15) is 0 Å². The lowest BCUT2D eigenvalue weighted by Gasteiger charge is -2.42. The number of rotatable bonds is 5. The van der Waals surface area contributed by atoms with Crippen LogP contribution in [0.2, 0.25) is 5.02 Å². The molecule has 1 atom stereocenters. The fraction of sp³-hybridized carbons (Fsp3) is 0.292. The predicted molar refractivity (Wildman–Crippen MR) is 112 cm³/mol. The second-order valence-electron chi connectivity index (χ2n) is 7.50. The molecule has 28 heavy (non-hydrogen) atoms. The van der Waals surface area contributed by atoms with Crippen molar-refractivity contribution < 1.29 is 9.90 Å². The Hall–Kier alpha value is -2.52. The predicted octanol–water partition coefficient (Wildman–Crippen LogP) is 5.38. The summed E-state index contributed by atoms with van der Waals surface area (Å²) in [6, 6.07) is 15.2. The molecular weight excluding hydrogens is 370 g/mol. The van der Waals surface area contributed by atoms with E-state index in [9.17, 15) is 9.90 Å². The van der Waals surface area contributed by atoms with Crippen molar-refractivity contribution in [3.05, 3.63) is 88.0 Å². The zero-order valence-corrected chi connectivity index (χ0v) is 16.7. The van der Waals surface area contributed by atoms with E-state index in [1.807, 2.05) is 47.4 Å². The summed E-state index contributed by atoms with van der Waals surface area (Å²) in [4.78, 5) is 15.4. The molecule has 0 aromatic heterocycles. The lowest BCUT2D eigenvalue weighted by Crippen LogP contribution is -2.48. The van der Waals surface area contributed by atoms with Crippen molar-refractivity contribution in [2.45, 2.75) is 38.1 Å². The molecule has 1 N–H and O–H groups in total. The molecule has 1 heterocycles. The molecule has 0 saturated carbocycles. The van der Waals surface area contributed by atoms with E-state index in [0.717, 1.165) is 36.0 Å². The first kappa shape index (κ1) is 18.8. The molecule has 4 rings (SSSR count). The van der Waals surface area contributed by atoms with Gasteiger partial charge in [0.2, 0.25) is 0 Å². The van der Waals surface area contributed by atoms with Gasteiger partial charge < -0.3 is 10.0 Å². The fourth-order valence-electron chi connectivity index (χ4n) is 4.56. The van der Waals surface area contributed by atoms with Crippen LogP contribution in [0.15, 0.2) is 71.8 Å². The van der Waals surface area contributed by atoms with Crippen LogP contribution in [0.1, 0.15) is 37.3 Å². The van der Waals surface area contributed by atoms with Crippen LogP contribution in [0.4, 0.5) is 0 Å². The molecule has 2 aromatic carbocycles. The van der Waals surface area contributed by atoms with Crippen LogP contribution in [0.5, 0.6) is 5.75 Å². The number of phenolic OH excluding ortho intramolecular Hbond substituents is 1. The molecule has 0 saturated heterocycles. The van der Waals surface area contributed by atoms with E-state index in [-0.39, 0.29) is 11.7 Å². The van der Waals surface area contributed by atoms with Gasteiger partial charge in [-0.1, -0.05) is 54.9 Å². The van der Waals surface area contributed by atoms with Gasteiger partial charge in [-0.15, -0.1) is 0 Å². The minimum absolute atomic E-state index is 0.113. The first-order chi connectivity index (χ1) is 13.6. The van der Waals surface area contributed by atoms with Gasteiger partial charge in [-0.05, 0) is 60.2 Å². The molecule has 0 spiro atoms. The Bertz CT molecular complexity index is 944. The maximum absolute atomic E-state index is 13.4. The molecule has 144 valence electrons. The number of nitrogens with zero attached hydrogens (tertiary/aromatic N) is 1. The van der Waals surface area contributed by atoms with Crippen LogP contribution in [-0.4, -0.2) is 22.5 Å². The molecule has 1 aliphatic carbocycles. The second-order valence-corrected chi connectivity index (χ2v) is 7.94. The molecule has 2 aromatic rings. The minimum atomic E-state index is -0.519. The smallest absolute Gasteiger partial charge is 0.254 e. The minimum Gasteiger partial charge on any atom is -0.508 e. The number of carbonyl (C=O) groups is 1.